The maximum absolute atomic E-state index is 13.6. The first-order valence-corrected chi connectivity index (χ1v) is 6.73. The fourth-order valence-electron chi connectivity index (χ4n) is 1.79. The molecule has 122 valence electrons. The second-order valence-corrected chi connectivity index (χ2v) is 4.60. The van der Waals surface area contributed by atoms with Gasteiger partial charge < -0.3 is 14.5 Å². The minimum atomic E-state index is -0.761. The summed E-state index contributed by atoms with van der Waals surface area (Å²) in [5.41, 5.74) is 0.0836. The molecule has 0 aliphatic heterocycles. The Morgan fingerprint density at radius 1 is 1.35 bits per heavy atom. The molecule has 0 atom stereocenters. The Bertz CT molecular complexity index is 715. The lowest BCUT2D eigenvalue weighted by molar-refractivity contribution is -0.141. The molecule has 8 heteroatoms. The summed E-state index contributed by atoms with van der Waals surface area (Å²) in [6.07, 6.45) is 1.52. The number of rotatable bonds is 6. The van der Waals surface area contributed by atoms with Crippen molar-refractivity contribution in [3.63, 3.8) is 0 Å². The van der Waals surface area contributed by atoms with Crippen LogP contribution >= 0.6 is 0 Å². The predicted molar refractivity (Wildman–Crippen MR) is 75.2 cm³/mol. The van der Waals surface area contributed by atoms with Gasteiger partial charge in [0.15, 0.2) is 11.7 Å². The zero-order valence-corrected chi connectivity index (χ0v) is 12.3. The highest BCUT2D eigenvalue weighted by Gasteiger charge is 2.13. The van der Waals surface area contributed by atoms with E-state index in [1.54, 1.807) is 0 Å². The number of halogens is 2. The van der Waals surface area contributed by atoms with E-state index in [4.69, 9.17) is 4.42 Å². The van der Waals surface area contributed by atoms with Gasteiger partial charge in [-0.15, -0.1) is 0 Å². The van der Waals surface area contributed by atoms with Gasteiger partial charge in [-0.3, -0.25) is 9.59 Å². The molecule has 0 saturated carbocycles. The fraction of sp³-hybridized carbons (Fsp3) is 0.267. The molecule has 23 heavy (non-hydrogen) atoms. The number of benzene rings is 1. The van der Waals surface area contributed by atoms with Crippen molar-refractivity contribution < 1.29 is 27.5 Å². The molecular formula is C15H14F2N2O4. The minimum Gasteiger partial charge on any atom is -0.468 e. The molecule has 0 aliphatic carbocycles. The van der Waals surface area contributed by atoms with Crippen LogP contribution in [0.3, 0.4) is 0 Å². The first-order valence-electron chi connectivity index (χ1n) is 6.73. The molecule has 0 saturated heterocycles. The molecule has 1 amide bonds. The summed E-state index contributed by atoms with van der Waals surface area (Å²) in [7, 11) is 1.22. The first kappa shape index (κ1) is 16.6. The number of hydrogen-bond acceptors (Lipinski definition) is 5. The summed E-state index contributed by atoms with van der Waals surface area (Å²) in [4.78, 5) is 26.3. The van der Waals surface area contributed by atoms with Crippen LogP contribution in [0.25, 0.3) is 11.3 Å². The third kappa shape index (κ3) is 4.60. The maximum atomic E-state index is 13.6. The number of aryl methyl sites for hydroxylation is 1. The van der Waals surface area contributed by atoms with E-state index in [9.17, 15) is 18.4 Å². The van der Waals surface area contributed by atoms with Crippen LogP contribution in [-0.4, -0.2) is 30.5 Å². The van der Waals surface area contributed by atoms with Crippen molar-refractivity contribution >= 4 is 11.9 Å². The first-order chi connectivity index (χ1) is 11.0. The average molecular weight is 324 g/mol. The van der Waals surface area contributed by atoms with Crippen molar-refractivity contribution in [2.75, 3.05) is 13.7 Å². The number of methoxy groups -OCH3 is 1. The molecule has 6 nitrogen and oxygen atoms in total. The van der Waals surface area contributed by atoms with Gasteiger partial charge >= 0.3 is 5.97 Å². The number of oxazole rings is 1. The number of nitrogens with zero attached hydrogens (tertiary/aromatic N) is 1. The second kappa shape index (κ2) is 7.48. The number of hydrogen-bond donors (Lipinski definition) is 1. The molecule has 1 aromatic carbocycles. The predicted octanol–water partition coefficient (Wildman–Crippen LogP) is 1.84. The van der Waals surface area contributed by atoms with Gasteiger partial charge in [0.1, 0.15) is 18.2 Å². The zero-order chi connectivity index (χ0) is 16.8. The van der Waals surface area contributed by atoms with E-state index in [0.717, 1.165) is 12.1 Å². The molecule has 0 aliphatic rings. The van der Waals surface area contributed by atoms with Gasteiger partial charge in [0.25, 0.3) is 0 Å². The highest BCUT2D eigenvalue weighted by atomic mass is 19.1. The largest absolute Gasteiger partial charge is 0.468 e. The number of carbonyl (C=O) groups is 2. The van der Waals surface area contributed by atoms with Crippen LogP contribution in [0.1, 0.15) is 12.3 Å². The average Bonchev–Trinajstić information content (AvgIpc) is 2.99. The van der Waals surface area contributed by atoms with Gasteiger partial charge in [-0.1, -0.05) is 0 Å². The highest BCUT2D eigenvalue weighted by Crippen LogP contribution is 2.24. The summed E-state index contributed by atoms with van der Waals surface area (Å²) in [5, 5.41) is 2.37. The van der Waals surface area contributed by atoms with Crippen molar-refractivity contribution in [3.05, 3.63) is 41.9 Å². The standard InChI is InChI=1S/C15H14F2N2O4/c1-22-15(21)8-18-13(20)4-5-14-19-7-12(23-14)10-3-2-9(16)6-11(10)17/h2-3,6-7H,4-5,8H2,1H3,(H,18,20). The van der Waals surface area contributed by atoms with Crippen LogP contribution in [0.4, 0.5) is 8.78 Å². The third-order valence-electron chi connectivity index (χ3n) is 2.97. The lowest BCUT2D eigenvalue weighted by atomic mass is 10.2. The SMILES string of the molecule is COC(=O)CNC(=O)CCc1ncc(-c2ccc(F)cc2F)o1. The minimum absolute atomic E-state index is 0.0445. The normalized spacial score (nSPS) is 10.4. The molecule has 1 heterocycles. The Balaban J connectivity index is 1.92. The van der Waals surface area contributed by atoms with Gasteiger partial charge in [0, 0.05) is 18.9 Å². The molecule has 0 spiro atoms. The van der Waals surface area contributed by atoms with Gasteiger partial charge in [-0.25, -0.2) is 13.8 Å². The van der Waals surface area contributed by atoms with E-state index >= 15 is 0 Å². The molecule has 0 radical (unpaired) electrons. The van der Waals surface area contributed by atoms with Gasteiger partial charge in [0.05, 0.1) is 18.9 Å². The molecule has 0 unspecified atom stereocenters. The molecule has 0 bridgehead atoms. The smallest absolute Gasteiger partial charge is 0.325 e. The quantitative estimate of drug-likeness (QED) is 0.820. The lowest BCUT2D eigenvalue weighted by Gasteiger charge is -2.02. The molecule has 2 aromatic rings. The molecule has 1 N–H and O–H groups in total. The van der Waals surface area contributed by atoms with Crippen LogP contribution in [0.15, 0.2) is 28.8 Å². The number of carbonyl (C=O) groups excluding carboxylic acids is 2. The maximum Gasteiger partial charge on any atom is 0.325 e. The molecular weight excluding hydrogens is 310 g/mol. The van der Waals surface area contributed by atoms with Crippen LogP contribution < -0.4 is 5.32 Å². The van der Waals surface area contributed by atoms with Crippen molar-refractivity contribution in [2.24, 2.45) is 0 Å². The number of ether oxygens (including phenoxy) is 1. The van der Waals surface area contributed by atoms with E-state index in [1.807, 2.05) is 0 Å². The van der Waals surface area contributed by atoms with Crippen LogP contribution in [0.5, 0.6) is 0 Å². The monoisotopic (exact) mass is 324 g/mol. The van der Waals surface area contributed by atoms with E-state index < -0.39 is 17.6 Å². The van der Waals surface area contributed by atoms with E-state index in [2.05, 4.69) is 15.0 Å². The van der Waals surface area contributed by atoms with Gasteiger partial charge in [-0.05, 0) is 12.1 Å². The van der Waals surface area contributed by atoms with Crippen molar-refractivity contribution in [1.29, 1.82) is 0 Å². The van der Waals surface area contributed by atoms with E-state index in [0.29, 0.717) is 0 Å². The summed E-state index contributed by atoms with van der Waals surface area (Å²) in [6, 6.07) is 3.11. The highest BCUT2D eigenvalue weighted by molar-refractivity contribution is 5.81. The lowest BCUT2D eigenvalue weighted by Crippen LogP contribution is -2.30. The van der Waals surface area contributed by atoms with Crippen molar-refractivity contribution in [3.8, 4) is 11.3 Å². The summed E-state index contributed by atoms with van der Waals surface area (Å²) < 4.78 is 36.2. The van der Waals surface area contributed by atoms with Crippen LogP contribution in [0, 0.1) is 11.6 Å². The van der Waals surface area contributed by atoms with Crippen molar-refractivity contribution in [1.82, 2.24) is 10.3 Å². The number of aromatic nitrogens is 1. The third-order valence-corrected chi connectivity index (χ3v) is 2.97. The Labute approximate surface area is 130 Å². The van der Waals surface area contributed by atoms with Gasteiger partial charge in [0.2, 0.25) is 5.91 Å². The summed E-state index contributed by atoms with van der Waals surface area (Å²) >= 11 is 0. The summed E-state index contributed by atoms with van der Waals surface area (Å²) in [6.45, 7) is -0.215. The van der Waals surface area contributed by atoms with E-state index in [1.165, 1.54) is 19.4 Å². The number of amides is 1. The Morgan fingerprint density at radius 2 is 2.13 bits per heavy atom. The number of nitrogens with one attached hydrogen (secondary N) is 1. The summed E-state index contributed by atoms with van der Waals surface area (Å²) in [5.74, 6) is -1.99. The van der Waals surface area contributed by atoms with E-state index in [-0.39, 0.29) is 42.5 Å². The molecule has 2 rings (SSSR count). The number of esters is 1. The second-order valence-electron chi connectivity index (χ2n) is 4.60. The van der Waals surface area contributed by atoms with Crippen LogP contribution in [0.2, 0.25) is 0 Å². The zero-order valence-electron chi connectivity index (χ0n) is 12.3. The Kier molecular flexibility index (Phi) is 5.40. The van der Waals surface area contributed by atoms with Gasteiger partial charge in [-0.2, -0.15) is 0 Å². The topological polar surface area (TPSA) is 81.4 Å². The fourth-order valence-corrected chi connectivity index (χ4v) is 1.79. The molecule has 0 fully saturated rings. The van der Waals surface area contributed by atoms with Crippen molar-refractivity contribution in [2.45, 2.75) is 12.8 Å². The Hall–Kier alpha value is -2.77. The molecule has 1 aromatic heterocycles. The Morgan fingerprint density at radius 3 is 2.83 bits per heavy atom. The van der Waals surface area contributed by atoms with Crippen LogP contribution in [-0.2, 0) is 20.7 Å².